The van der Waals surface area contributed by atoms with Crippen LogP contribution in [-0.2, 0) is 0 Å². The largest absolute Gasteiger partial charge is 0.337 e. The molecule has 2 aliphatic heterocycles. The molecule has 0 amide bonds. The molecule has 292 valence electrons. The lowest BCUT2D eigenvalue weighted by molar-refractivity contribution is 0.717. The van der Waals surface area contributed by atoms with Crippen molar-refractivity contribution in [3.8, 4) is 11.1 Å². The first-order valence-corrected chi connectivity index (χ1v) is 21.6. The van der Waals surface area contributed by atoms with Gasteiger partial charge in [-0.1, -0.05) is 166 Å². The standard InChI is InChI=1S/C57H54N2/c1-5-8-19-47-39-58(50-22-10-9-11-23-50)57-32-30-45(38-54(57)53-25-14-13-24-52(47)53)44-29-31-56-46(34-44)28-27-42-20-12-15-26-55(42)59(56)51-36-48(41(7-3)17-6-2)35-49(37-51)43-21-16-18-40(4)33-43/h7,9-30,32-37,45,56H,3,5-6,8,31,38-39H2,1-2,4H3/b41-17+,47-19+. The molecule has 0 bridgehead atoms. The van der Waals surface area contributed by atoms with Crippen LogP contribution in [0.15, 0.2) is 193 Å². The van der Waals surface area contributed by atoms with Gasteiger partial charge in [0.2, 0.25) is 0 Å². The number of nitrogens with zero attached hydrogens (tertiary/aromatic N) is 2. The number of anilines is 3. The van der Waals surface area contributed by atoms with Gasteiger partial charge in [0.25, 0.3) is 0 Å². The number of hydrogen-bond donors (Lipinski definition) is 0. The Bertz CT molecular complexity index is 2620. The minimum Gasteiger partial charge on any atom is -0.337 e. The Kier molecular flexibility index (Phi) is 10.9. The lowest BCUT2D eigenvalue weighted by atomic mass is 9.79. The summed E-state index contributed by atoms with van der Waals surface area (Å²) in [5.41, 5.74) is 20.6. The second kappa shape index (κ2) is 16.8. The first-order chi connectivity index (χ1) is 29.0. The van der Waals surface area contributed by atoms with Gasteiger partial charge < -0.3 is 9.80 Å². The zero-order valence-electron chi connectivity index (χ0n) is 34.7. The molecule has 9 rings (SSSR count). The number of para-hydroxylation sites is 2. The third kappa shape index (κ3) is 7.56. The van der Waals surface area contributed by atoms with Crippen LogP contribution < -0.4 is 9.80 Å². The van der Waals surface area contributed by atoms with Crippen LogP contribution in [0.1, 0.15) is 73.8 Å². The molecule has 0 radical (unpaired) electrons. The highest BCUT2D eigenvalue weighted by molar-refractivity contribution is 5.90. The Balaban J connectivity index is 1.12. The third-order valence-corrected chi connectivity index (χ3v) is 12.4. The van der Waals surface area contributed by atoms with Crippen molar-refractivity contribution in [2.24, 2.45) is 5.92 Å². The third-order valence-electron chi connectivity index (χ3n) is 12.4. The molecule has 2 aliphatic carbocycles. The molecule has 4 aliphatic rings. The van der Waals surface area contributed by atoms with E-state index >= 15 is 0 Å². The summed E-state index contributed by atoms with van der Waals surface area (Å²) >= 11 is 0. The summed E-state index contributed by atoms with van der Waals surface area (Å²) in [6.45, 7) is 11.7. The monoisotopic (exact) mass is 766 g/mol. The summed E-state index contributed by atoms with van der Waals surface area (Å²) < 4.78 is 0. The van der Waals surface area contributed by atoms with E-state index in [2.05, 4.69) is 207 Å². The van der Waals surface area contributed by atoms with Gasteiger partial charge in [0, 0.05) is 35.2 Å². The molecule has 0 aromatic heterocycles. The molecular weight excluding hydrogens is 713 g/mol. The topological polar surface area (TPSA) is 6.48 Å². The lowest BCUT2D eigenvalue weighted by Crippen LogP contribution is -2.33. The van der Waals surface area contributed by atoms with E-state index in [0.717, 1.165) is 38.6 Å². The van der Waals surface area contributed by atoms with Crippen molar-refractivity contribution in [1.29, 1.82) is 0 Å². The first-order valence-electron chi connectivity index (χ1n) is 21.6. The summed E-state index contributed by atoms with van der Waals surface area (Å²) in [5, 5.41) is 0. The first kappa shape index (κ1) is 38.2. The minimum atomic E-state index is 0.141. The van der Waals surface area contributed by atoms with Crippen LogP contribution in [0.4, 0.5) is 17.1 Å². The Morgan fingerprint density at radius 3 is 2.39 bits per heavy atom. The molecule has 5 aromatic rings. The Hall–Kier alpha value is -6.38. The fourth-order valence-electron chi connectivity index (χ4n) is 9.50. The number of aryl methyl sites for hydroxylation is 1. The Morgan fingerprint density at radius 1 is 0.763 bits per heavy atom. The molecule has 2 heteroatoms. The number of hydrogen-bond acceptors (Lipinski definition) is 2. The van der Waals surface area contributed by atoms with E-state index in [0.29, 0.717) is 0 Å². The lowest BCUT2D eigenvalue weighted by Gasteiger charge is -2.37. The van der Waals surface area contributed by atoms with E-state index in [-0.39, 0.29) is 12.0 Å². The van der Waals surface area contributed by atoms with Crippen LogP contribution >= 0.6 is 0 Å². The van der Waals surface area contributed by atoms with Crippen molar-refractivity contribution in [3.05, 3.63) is 221 Å². The van der Waals surface area contributed by atoms with Crippen molar-refractivity contribution in [2.75, 3.05) is 16.3 Å². The highest BCUT2D eigenvalue weighted by Crippen LogP contribution is 2.47. The summed E-state index contributed by atoms with van der Waals surface area (Å²) in [5.74, 6) is 0.270. The average Bonchev–Trinajstić information content (AvgIpc) is 3.53. The highest BCUT2D eigenvalue weighted by atomic mass is 15.2. The zero-order chi connectivity index (χ0) is 40.3. The molecule has 0 saturated heterocycles. The number of fused-ring (bicyclic) bond motifs is 4. The molecule has 2 nitrogen and oxygen atoms in total. The van der Waals surface area contributed by atoms with Crippen molar-refractivity contribution in [1.82, 2.24) is 0 Å². The fourth-order valence-corrected chi connectivity index (χ4v) is 9.50. The predicted molar refractivity (Wildman–Crippen MR) is 255 cm³/mol. The van der Waals surface area contributed by atoms with E-state index in [1.54, 1.807) is 0 Å². The van der Waals surface area contributed by atoms with Crippen LogP contribution in [0.25, 0.3) is 33.9 Å². The van der Waals surface area contributed by atoms with Gasteiger partial charge in [-0.3, -0.25) is 0 Å². The normalized spacial score (nSPS) is 19.2. The van der Waals surface area contributed by atoms with Gasteiger partial charge in [0.15, 0.2) is 0 Å². The van der Waals surface area contributed by atoms with Gasteiger partial charge in [-0.25, -0.2) is 0 Å². The van der Waals surface area contributed by atoms with Gasteiger partial charge in [-0.2, -0.15) is 0 Å². The molecule has 0 spiro atoms. The molecule has 2 heterocycles. The summed E-state index contributed by atoms with van der Waals surface area (Å²) in [4.78, 5) is 5.15. The van der Waals surface area contributed by atoms with E-state index in [9.17, 15) is 0 Å². The van der Waals surface area contributed by atoms with Gasteiger partial charge >= 0.3 is 0 Å². The number of benzene rings is 5. The highest BCUT2D eigenvalue weighted by Gasteiger charge is 2.33. The van der Waals surface area contributed by atoms with Crippen molar-refractivity contribution >= 4 is 39.9 Å². The maximum Gasteiger partial charge on any atom is 0.0626 e. The van der Waals surface area contributed by atoms with Gasteiger partial charge in [-0.05, 0) is 136 Å². The predicted octanol–water partition coefficient (Wildman–Crippen LogP) is 15.1. The molecule has 2 unspecified atom stereocenters. The number of unbranched alkanes of at least 4 members (excludes halogenated alkanes) is 1. The van der Waals surface area contributed by atoms with E-state index in [1.807, 2.05) is 6.08 Å². The molecule has 5 aromatic carbocycles. The smallest absolute Gasteiger partial charge is 0.0626 e. The Labute approximate surface area is 351 Å². The number of allylic oxidation sites excluding steroid dienone is 9. The molecule has 0 fully saturated rings. The van der Waals surface area contributed by atoms with Crippen molar-refractivity contribution < 1.29 is 0 Å². The molecule has 0 saturated carbocycles. The SMILES string of the molecule is C=C/C(=C\CC)c1cc(-c2cccc(C)c2)cc(N2c3ccccc3C=CC3=CC(C4C=CC5=C(C4)c4ccccc4/C(=C/CCC)CN5c4ccccc4)=CCC32)c1. The molecule has 59 heavy (non-hydrogen) atoms. The molecule has 2 atom stereocenters. The Morgan fingerprint density at radius 2 is 1.58 bits per heavy atom. The van der Waals surface area contributed by atoms with Crippen molar-refractivity contribution in [2.45, 2.75) is 58.9 Å². The van der Waals surface area contributed by atoms with Gasteiger partial charge in [0.05, 0.1) is 6.04 Å². The second-order valence-electron chi connectivity index (χ2n) is 16.3. The van der Waals surface area contributed by atoms with Gasteiger partial charge in [0.1, 0.15) is 0 Å². The summed E-state index contributed by atoms with van der Waals surface area (Å²) in [6.07, 6.45) is 26.5. The minimum absolute atomic E-state index is 0.141. The summed E-state index contributed by atoms with van der Waals surface area (Å²) in [7, 11) is 0. The maximum absolute atomic E-state index is 4.24. The van der Waals surface area contributed by atoms with Crippen LogP contribution in [0.2, 0.25) is 0 Å². The quantitative estimate of drug-likeness (QED) is 0.138. The van der Waals surface area contributed by atoms with Crippen LogP contribution in [-0.4, -0.2) is 12.6 Å². The van der Waals surface area contributed by atoms with E-state index in [1.165, 1.54) is 89.6 Å². The van der Waals surface area contributed by atoms with Crippen LogP contribution in [0, 0.1) is 12.8 Å². The van der Waals surface area contributed by atoms with Crippen LogP contribution in [0.5, 0.6) is 0 Å². The summed E-state index contributed by atoms with van der Waals surface area (Å²) in [6, 6.07) is 45.1. The zero-order valence-corrected chi connectivity index (χ0v) is 34.7. The number of rotatable bonds is 9. The van der Waals surface area contributed by atoms with Gasteiger partial charge in [-0.15, -0.1) is 0 Å². The van der Waals surface area contributed by atoms with Crippen molar-refractivity contribution in [3.63, 3.8) is 0 Å². The van der Waals surface area contributed by atoms with E-state index in [4.69, 9.17) is 0 Å². The molecule has 0 N–H and O–H groups in total. The molecular formula is C57H54N2. The second-order valence-corrected chi connectivity index (χ2v) is 16.3. The van der Waals surface area contributed by atoms with Crippen LogP contribution in [0.3, 0.4) is 0 Å². The average molecular weight is 767 g/mol. The van der Waals surface area contributed by atoms with E-state index < -0.39 is 0 Å². The fraction of sp³-hybridized carbons (Fsp3) is 0.193. The maximum atomic E-state index is 4.24.